The standard InChI is InChI=1S/C46H94NO7P/c1-6-8-10-12-14-16-18-20-22-24-25-27-29-31-33-35-37-39-46(48)54-45(44-53-55(49,50)52-42-40-47(3,4)5)43-51-41-38-36-34-32-30-28-26-23-21-19-17-15-13-11-9-7-2/h45H,6-44H2,1-5H3/t45-/m1/s1. The highest BCUT2D eigenvalue weighted by Crippen LogP contribution is 2.38. The van der Waals surface area contributed by atoms with Gasteiger partial charge in [-0.1, -0.05) is 213 Å². The summed E-state index contributed by atoms with van der Waals surface area (Å²) in [5.41, 5.74) is 0. The number of carbonyl (C=O) groups excluding carboxylic acids is 1. The largest absolute Gasteiger partial charge is 0.756 e. The van der Waals surface area contributed by atoms with E-state index in [1.807, 2.05) is 21.1 Å². The molecule has 0 N–H and O–H groups in total. The molecule has 0 saturated carbocycles. The van der Waals surface area contributed by atoms with E-state index in [1.54, 1.807) is 0 Å². The van der Waals surface area contributed by atoms with Crippen molar-refractivity contribution in [1.82, 2.24) is 0 Å². The maximum Gasteiger partial charge on any atom is 0.306 e. The van der Waals surface area contributed by atoms with Crippen molar-refractivity contribution in [3.8, 4) is 0 Å². The van der Waals surface area contributed by atoms with Gasteiger partial charge in [0, 0.05) is 13.0 Å². The maximum atomic E-state index is 12.7. The average molecular weight is 804 g/mol. The van der Waals surface area contributed by atoms with E-state index in [0.29, 0.717) is 24.1 Å². The number of likely N-dealkylation sites (N-methyl/N-ethyl adjacent to an activating group) is 1. The van der Waals surface area contributed by atoms with Crippen LogP contribution in [0.15, 0.2) is 0 Å². The lowest BCUT2D eigenvalue weighted by atomic mass is 10.0. The monoisotopic (exact) mass is 804 g/mol. The summed E-state index contributed by atoms with van der Waals surface area (Å²) in [6.07, 6.45) is 42.5. The molecule has 0 rings (SSSR count). The van der Waals surface area contributed by atoms with Gasteiger partial charge in [0.15, 0.2) is 0 Å². The summed E-state index contributed by atoms with van der Waals surface area (Å²) in [6.45, 7) is 5.48. The molecule has 9 heteroatoms. The Morgan fingerprint density at radius 2 is 0.836 bits per heavy atom. The van der Waals surface area contributed by atoms with Crippen LogP contribution in [0.4, 0.5) is 0 Å². The third-order valence-electron chi connectivity index (χ3n) is 10.7. The Balaban J connectivity index is 4.14. The second-order valence-corrected chi connectivity index (χ2v) is 18.9. The van der Waals surface area contributed by atoms with E-state index in [-0.39, 0.29) is 25.8 Å². The summed E-state index contributed by atoms with van der Waals surface area (Å²) in [5, 5.41) is 0. The lowest BCUT2D eigenvalue weighted by Crippen LogP contribution is -2.37. The van der Waals surface area contributed by atoms with Gasteiger partial charge in [0.2, 0.25) is 0 Å². The van der Waals surface area contributed by atoms with E-state index in [1.165, 1.54) is 180 Å². The van der Waals surface area contributed by atoms with Crippen LogP contribution in [0, 0.1) is 0 Å². The van der Waals surface area contributed by atoms with Crippen LogP contribution in [0.3, 0.4) is 0 Å². The summed E-state index contributed by atoms with van der Waals surface area (Å²) >= 11 is 0. The first-order valence-electron chi connectivity index (χ1n) is 23.8. The molecule has 2 atom stereocenters. The first-order chi connectivity index (χ1) is 26.6. The molecule has 55 heavy (non-hydrogen) atoms. The number of unbranched alkanes of at least 4 members (excludes halogenated alkanes) is 31. The van der Waals surface area contributed by atoms with Gasteiger partial charge in [-0.15, -0.1) is 0 Å². The van der Waals surface area contributed by atoms with Crippen molar-refractivity contribution in [2.75, 3.05) is 54.1 Å². The molecule has 0 aliphatic rings. The van der Waals surface area contributed by atoms with Crippen molar-refractivity contribution < 1.29 is 37.3 Å². The Kier molecular flexibility index (Phi) is 39.9. The Morgan fingerprint density at radius 3 is 1.20 bits per heavy atom. The molecule has 0 aliphatic carbocycles. The lowest BCUT2D eigenvalue weighted by Gasteiger charge is -2.28. The molecule has 0 aliphatic heterocycles. The Hall–Kier alpha value is -0.500. The smallest absolute Gasteiger partial charge is 0.306 e. The summed E-state index contributed by atoms with van der Waals surface area (Å²) in [5.74, 6) is -0.327. The molecule has 0 fully saturated rings. The number of esters is 1. The van der Waals surface area contributed by atoms with Crippen molar-refractivity contribution in [2.24, 2.45) is 0 Å². The summed E-state index contributed by atoms with van der Waals surface area (Å²) < 4.78 is 34.7. The van der Waals surface area contributed by atoms with Gasteiger partial charge in [0.25, 0.3) is 7.82 Å². The fourth-order valence-corrected chi connectivity index (χ4v) is 7.69. The van der Waals surface area contributed by atoms with E-state index in [9.17, 15) is 14.3 Å². The molecule has 0 amide bonds. The zero-order valence-corrected chi connectivity index (χ0v) is 38.3. The van der Waals surface area contributed by atoms with Crippen LogP contribution < -0.4 is 4.89 Å². The minimum absolute atomic E-state index is 0.0315. The van der Waals surface area contributed by atoms with Crippen LogP contribution in [-0.4, -0.2) is 70.7 Å². The second-order valence-electron chi connectivity index (χ2n) is 17.5. The Bertz CT molecular complexity index is 853. The van der Waals surface area contributed by atoms with E-state index < -0.39 is 13.9 Å². The molecular weight excluding hydrogens is 709 g/mol. The zero-order chi connectivity index (χ0) is 40.6. The van der Waals surface area contributed by atoms with Crippen LogP contribution in [-0.2, 0) is 27.9 Å². The number of hydrogen-bond donors (Lipinski definition) is 0. The van der Waals surface area contributed by atoms with E-state index in [0.717, 1.165) is 32.1 Å². The maximum absolute atomic E-state index is 12.7. The molecule has 0 saturated heterocycles. The van der Waals surface area contributed by atoms with Crippen molar-refractivity contribution in [2.45, 2.75) is 238 Å². The number of carbonyl (C=O) groups is 1. The fourth-order valence-electron chi connectivity index (χ4n) is 6.96. The molecule has 0 aromatic carbocycles. The third-order valence-corrected chi connectivity index (χ3v) is 11.6. The number of phosphoric acid groups is 1. The highest BCUT2D eigenvalue weighted by atomic mass is 31.2. The SMILES string of the molecule is CCCCCCCCCCCCCCCCCCCC(=O)O[C@H](COCCCCCCCCCCCCCCCCCC)COP(=O)([O-])OCC[N+](C)(C)C. The van der Waals surface area contributed by atoms with Crippen molar-refractivity contribution in [1.29, 1.82) is 0 Å². The van der Waals surface area contributed by atoms with Gasteiger partial charge in [-0.2, -0.15) is 0 Å². The van der Waals surface area contributed by atoms with Gasteiger partial charge < -0.3 is 27.9 Å². The Labute approximate surface area is 342 Å². The van der Waals surface area contributed by atoms with Crippen molar-refractivity contribution in [3.63, 3.8) is 0 Å². The molecule has 0 heterocycles. The van der Waals surface area contributed by atoms with Gasteiger partial charge in [0.1, 0.15) is 19.3 Å². The molecule has 1 unspecified atom stereocenters. The Morgan fingerprint density at radius 1 is 0.491 bits per heavy atom. The average Bonchev–Trinajstić information content (AvgIpc) is 3.13. The lowest BCUT2D eigenvalue weighted by molar-refractivity contribution is -0.870. The predicted molar refractivity (Wildman–Crippen MR) is 231 cm³/mol. The van der Waals surface area contributed by atoms with Crippen molar-refractivity contribution >= 4 is 13.8 Å². The van der Waals surface area contributed by atoms with Crippen LogP contribution in [0.5, 0.6) is 0 Å². The molecule has 8 nitrogen and oxygen atoms in total. The van der Waals surface area contributed by atoms with Gasteiger partial charge in [0.05, 0.1) is 34.4 Å². The summed E-state index contributed by atoms with van der Waals surface area (Å²) in [6, 6.07) is 0. The van der Waals surface area contributed by atoms with Crippen LogP contribution >= 0.6 is 7.82 Å². The number of hydrogen-bond acceptors (Lipinski definition) is 7. The molecule has 0 spiro atoms. The molecule has 0 bridgehead atoms. The first-order valence-corrected chi connectivity index (χ1v) is 25.2. The molecule has 0 radical (unpaired) electrons. The normalized spacial score (nSPS) is 13.6. The van der Waals surface area contributed by atoms with E-state index in [4.69, 9.17) is 18.5 Å². The topological polar surface area (TPSA) is 94.1 Å². The van der Waals surface area contributed by atoms with Gasteiger partial charge in [-0.05, 0) is 12.8 Å². The highest BCUT2D eigenvalue weighted by molar-refractivity contribution is 7.45. The summed E-state index contributed by atoms with van der Waals surface area (Å²) in [7, 11) is 1.38. The quantitative estimate of drug-likeness (QED) is 0.0262. The van der Waals surface area contributed by atoms with Gasteiger partial charge in [-0.25, -0.2) is 0 Å². The number of rotatable bonds is 45. The number of nitrogens with zero attached hydrogens (tertiary/aromatic N) is 1. The van der Waals surface area contributed by atoms with E-state index >= 15 is 0 Å². The molecule has 330 valence electrons. The van der Waals surface area contributed by atoms with Gasteiger partial charge >= 0.3 is 5.97 Å². The third kappa shape index (κ3) is 44.4. The first kappa shape index (κ1) is 54.5. The summed E-state index contributed by atoms with van der Waals surface area (Å²) in [4.78, 5) is 25.1. The zero-order valence-electron chi connectivity index (χ0n) is 37.4. The fraction of sp³-hybridized carbons (Fsp3) is 0.978. The second kappa shape index (κ2) is 40.3. The van der Waals surface area contributed by atoms with Crippen LogP contribution in [0.1, 0.15) is 232 Å². The highest BCUT2D eigenvalue weighted by Gasteiger charge is 2.20. The molecule has 0 aromatic heterocycles. The number of quaternary nitrogens is 1. The van der Waals surface area contributed by atoms with Gasteiger partial charge in [-0.3, -0.25) is 9.36 Å². The van der Waals surface area contributed by atoms with E-state index in [2.05, 4.69) is 13.8 Å². The van der Waals surface area contributed by atoms with Crippen molar-refractivity contribution in [3.05, 3.63) is 0 Å². The van der Waals surface area contributed by atoms with Crippen LogP contribution in [0.25, 0.3) is 0 Å². The number of phosphoric ester groups is 1. The van der Waals surface area contributed by atoms with Crippen LogP contribution in [0.2, 0.25) is 0 Å². The molecule has 0 aromatic rings. The molecular formula is C46H94NO7P. The predicted octanol–water partition coefficient (Wildman–Crippen LogP) is 13.4. The minimum Gasteiger partial charge on any atom is -0.756 e. The minimum atomic E-state index is -4.52. The number of ether oxygens (including phenoxy) is 2.